The van der Waals surface area contributed by atoms with Crippen LogP contribution in [-0.2, 0) is 6.42 Å². The van der Waals surface area contributed by atoms with E-state index in [1.165, 1.54) is 6.07 Å². The van der Waals surface area contributed by atoms with Crippen LogP contribution < -0.4 is 10.6 Å². The molecule has 24 heavy (non-hydrogen) atoms. The van der Waals surface area contributed by atoms with Crippen LogP contribution in [0.4, 0.5) is 4.39 Å². The van der Waals surface area contributed by atoms with Crippen molar-refractivity contribution < 1.29 is 4.39 Å². The lowest BCUT2D eigenvalue weighted by Gasteiger charge is -2.34. The first kappa shape index (κ1) is 18.7. The molecule has 1 aliphatic rings. The van der Waals surface area contributed by atoms with Crippen molar-refractivity contribution in [1.29, 1.82) is 0 Å². The second kappa shape index (κ2) is 10.3. The minimum absolute atomic E-state index is 0.145. The molecule has 1 fully saturated rings. The van der Waals surface area contributed by atoms with Crippen molar-refractivity contribution in [2.24, 2.45) is 4.99 Å². The maximum atomic E-state index is 13.6. The first-order chi connectivity index (χ1) is 11.7. The second-order valence-corrected chi connectivity index (χ2v) is 6.04. The zero-order valence-electron chi connectivity index (χ0n) is 14.9. The summed E-state index contributed by atoms with van der Waals surface area (Å²) in [7, 11) is 1.76. The van der Waals surface area contributed by atoms with Gasteiger partial charge in [-0.05, 0) is 24.6 Å². The summed E-state index contributed by atoms with van der Waals surface area (Å²) in [5.74, 6) is 0.631. The van der Waals surface area contributed by atoms with E-state index in [9.17, 15) is 4.39 Å². The summed E-state index contributed by atoms with van der Waals surface area (Å²) < 4.78 is 13.6. The SMILES string of the molecule is CCN1CCN(CCNC(=NC)NCCc2ccccc2F)CC1. The molecule has 0 bridgehead atoms. The topological polar surface area (TPSA) is 42.9 Å². The fourth-order valence-corrected chi connectivity index (χ4v) is 2.90. The zero-order chi connectivity index (χ0) is 17.2. The van der Waals surface area contributed by atoms with Crippen molar-refractivity contribution in [2.75, 3.05) is 59.4 Å². The zero-order valence-corrected chi connectivity index (χ0v) is 14.9. The maximum Gasteiger partial charge on any atom is 0.191 e. The molecule has 0 aliphatic carbocycles. The summed E-state index contributed by atoms with van der Waals surface area (Å²) in [6, 6.07) is 6.90. The molecule has 2 rings (SSSR count). The first-order valence-corrected chi connectivity index (χ1v) is 8.85. The standard InChI is InChI=1S/C18H30FN5/c1-3-23-12-14-24(15-13-23)11-10-22-18(20-2)21-9-8-16-6-4-5-7-17(16)19/h4-7H,3,8-15H2,1-2H3,(H2,20,21,22). The molecule has 0 saturated carbocycles. The van der Waals surface area contributed by atoms with Crippen LogP contribution in [0.2, 0.25) is 0 Å². The van der Waals surface area contributed by atoms with E-state index in [2.05, 4.69) is 32.3 Å². The quantitative estimate of drug-likeness (QED) is 0.580. The number of nitrogens with one attached hydrogen (secondary N) is 2. The van der Waals surface area contributed by atoms with Crippen LogP contribution in [0.5, 0.6) is 0 Å². The number of halogens is 1. The van der Waals surface area contributed by atoms with Crippen LogP contribution in [0.15, 0.2) is 29.3 Å². The third-order valence-corrected chi connectivity index (χ3v) is 4.50. The van der Waals surface area contributed by atoms with Gasteiger partial charge in [0.2, 0.25) is 0 Å². The Balaban J connectivity index is 1.62. The molecule has 6 heteroatoms. The van der Waals surface area contributed by atoms with Crippen LogP contribution in [0.3, 0.4) is 0 Å². The Kier molecular flexibility index (Phi) is 7.98. The van der Waals surface area contributed by atoms with Gasteiger partial charge in [0.15, 0.2) is 5.96 Å². The molecule has 1 heterocycles. The number of rotatable bonds is 7. The van der Waals surface area contributed by atoms with Gasteiger partial charge < -0.3 is 15.5 Å². The van der Waals surface area contributed by atoms with Gasteiger partial charge in [0, 0.05) is 52.9 Å². The minimum atomic E-state index is -0.145. The molecular formula is C18H30FN5. The molecule has 0 atom stereocenters. The number of guanidine groups is 1. The highest BCUT2D eigenvalue weighted by molar-refractivity contribution is 5.79. The van der Waals surface area contributed by atoms with Gasteiger partial charge in [-0.15, -0.1) is 0 Å². The number of nitrogens with zero attached hydrogens (tertiary/aromatic N) is 3. The lowest BCUT2D eigenvalue weighted by Crippen LogP contribution is -2.49. The van der Waals surface area contributed by atoms with Crippen LogP contribution >= 0.6 is 0 Å². The Morgan fingerprint density at radius 3 is 2.42 bits per heavy atom. The second-order valence-electron chi connectivity index (χ2n) is 6.04. The van der Waals surface area contributed by atoms with Crippen molar-refractivity contribution in [1.82, 2.24) is 20.4 Å². The Bertz CT molecular complexity index is 512. The fourth-order valence-electron chi connectivity index (χ4n) is 2.90. The van der Waals surface area contributed by atoms with Gasteiger partial charge in [0.05, 0.1) is 0 Å². The molecule has 0 aromatic heterocycles. The van der Waals surface area contributed by atoms with Gasteiger partial charge in [0.25, 0.3) is 0 Å². The summed E-state index contributed by atoms with van der Waals surface area (Å²) in [6.07, 6.45) is 0.645. The van der Waals surface area contributed by atoms with Crippen molar-refractivity contribution >= 4 is 5.96 Å². The van der Waals surface area contributed by atoms with E-state index in [1.807, 2.05) is 12.1 Å². The molecule has 5 nitrogen and oxygen atoms in total. The van der Waals surface area contributed by atoms with E-state index in [0.717, 1.165) is 57.3 Å². The van der Waals surface area contributed by atoms with E-state index in [1.54, 1.807) is 13.1 Å². The van der Waals surface area contributed by atoms with Crippen molar-refractivity contribution in [3.63, 3.8) is 0 Å². The third-order valence-electron chi connectivity index (χ3n) is 4.50. The summed E-state index contributed by atoms with van der Waals surface area (Å²) >= 11 is 0. The summed E-state index contributed by atoms with van der Waals surface area (Å²) in [4.78, 5) is 9.18. The number of aliphatic imine (C=N–C) groups is 1. The van der Waals surface area contributed by atoms with Crippen molar-refractivity contribution in [3.05, 3.63) is 35.6 Å². The molecule has 1 saturated heterocycles. The van der Waals surface area contributed by atoms with E-state index >= 15 is 0 Å². The van der Waals surface area contributed by atoms with Crippen LogP contribution in [0, 0.1) is 5.82 Å². The van der Waals surface area contributed by atoms with Crippen LogP contribution in [0.25, 0.3) is 0 Å². The third kappa shape index (κ3) is 6.09. The first-order valence-electron chi connectivity index (χ1n) is 8.85. The molecular weight excluding hydrogens is 305 g/mol. The Hall–Kier alpha value is -1.66. The molecule has 134 valence electrons. The molecule has 2 N–H and O–H groups in total. The molecule has 0 amide bonds. The molecule has 1 aliphatic heterocycles. The van der Waals surface area contributed by atoms with E-state index in [-0.39, 0.29) is 5.82 Å². The van der Waals surface area contributed by atoms with E-state index in [4.69, 9.17) is 0 Å². The molecule has 1 aromatic carbocycles. The maximum absolute atomic E-state index is 13.6. The molecule has 0 unspecified atom stereocenters. The van der Waals surface area contributed by atoms with E-state index in [0.29, 0.717) is 13.0 Å². The Morgan fingerprint density at radius 2 is 1.75 bits per heavy atom. The van der Waals surface area contributed by atoms with Gasteiger partial charge in [-0.1, -0.05) is 25.1 Å². The highest BCUT2D eigenvalue weighted by atomic mass is 19.1. The van der Waals surface area contributed by atoms with Gasteiger partial charge >= 0.3 is 0 Å². The van der Waals surface area contributed by atoms with Crippen molar-refractivity contribution in [3.8, 4) is 0 Å². The van der Waals surface area contributed by atoms with Gasteiger partial charge in [-0.2, -0.15) is 0 Å². The van der Waals surface area contributed by atoms with Gasteiger partial charge in [-0.25, -0.2) is 4.39 Å². The van der Waals surface area contributed by atoms with Crippen LogP contribution in [0.1, 0.15) is 12.5 Å². The summed E-state index contributed by atoms with van der Waals surface area (Å²) in [5, 5.41) is 6.58. The lowest BCUT2D eigenvalue weighted by molar-refractivity contribution is 0.139. The summed E-state index contributed by atoms with van der Waals surface area (Å²) in [5.41, 5.74) is 0.731. The Labute approximate surface area is 144 Å². The average molecular weight is 335 g/mol. The molecule has 1 aromatic rings. The van der Waals surface area contributed by atoms with Gasteiger partial charge in [0.1, 0.15) is 5.82 Å². The largest absolute Gasteiger partial charge is 0.356 e. The van der Waals surface area contributed by atoms with Crippen LogP contribution in [-0.4, -0.2) is 75.2 Å². The number of hydrogen-bond donors (Lipinski definition) is 2. The minimum Gasteiger partial charge on any atom is -0.356 e. The normalized spacial score (nSPS) is 17.0. The molecule has 0 spiro atoms. The number of hydrogen-bond acceptors (Lipinski definition) is 3. The highest BCUT2D eigenvalue weighted by Gasteiger charge is 2.14. The number of piperazine rings is 1. The smallest absolute Gasteiger partial charge is 0.191 e. The fraction of sp³-hybridized carbons (Fsp3) is 0.611. The number of benzene rings is 1. The van der Waals surface area contributed by atoms with Crippen molar-refractivity contribution in [2.45, 2.75) is 13.3 Å². The van der Waals surface area contributed by atoms with Gasteiger partial charge in [-0.3, -0.25) is 9.89 Å². The monoisotopic (exact) mass is 335 g/mol. The predicted molar refractivity (Wildman–Crippen MR) is 98.0 cm³/mol. The lowest BCUT2D eigenvalue weighted by atomic mass is 10.1. The highest BCUT2D eigenvalue weighted by Crippen LogP contribution is 2.06. The molecule has 0 radical (unpaired) electrons. The number of likely N-dealkylation sites (N-methyl/N-ethyl adjacent to an activating group) is 1. The predicted octanol–water partition coefficient (Wildman–Crippen LogP) is 1.17. The Morgan fingerprint density at radius 1 is 1.08 bits per heavy atom. The average Bonchev–Trinajstić information content (AvgIpc) is 2.62. The summed E-state index contributed by atoms with van der Waals surface area (Å²) in [6.45, 7) is 10.5. The van der Waals surface area contributed by atoms with E-state index < -0.39 is 0 Å².